The van der Waals surface area contributed by atoms with Crippen LogP contribution >= 0.6 is 0 Å². The number of phenolic OH excluding ortho intramolecular Hbond substituents is 1. The summed E-state index contributed by atoms with van der Waals surface area (Å²) in [6.07, 6.45) is 0. The number of ketones is 1. The lowest BCUT2D eigenvalue weighted by molar-refractivity contribution is -0.118. The molecule has 0 fully saturated rings. The molecule has 1 aliphatic heterocycles. The third-order valence-corrected chi connectivity index (χ3v) is 5.06. The molecule has 28 heavy (non-hydrogen) atoms. The third kappa shape index (κ3) is 3.72. The second-order valence-electron chi connectivity index (χ2n) is 7.09. The van der Waals surface area contributed by atoms with Crippen LogP contribution in [0.4, 0.5) is 0 Å². The average Bonchev–Trinajstić information content (AvgIpc) is 2.72. The van der Waals surface area contributed by atoms with E-state index in [0.29, 0.717) is 18.1 Å². The molecule has 0 aliphatic carbocycles. The lowest BCUT2D eigenvalue weighted by Gasteiger charge is -2.34. The van der Waals surface area contributed by atoms with Crippen molar-refractivity contribution in [2.45, 2.75) is 18.8 Å². The lowest BCUT2D eigenvalue weighted by Crippen LogP contribution is -2.25. The minimum Gasteiger partial charge on any atom is -0.508 e. The van der Waals surface area contributed by atoms with E-state index in [1.807, 2.05) is 48.5 Å². The Labute approximate surface area is 164 Å². The second kappa shape index (κ2) is 7.77. The van der Waals surface area contributed by atoms with E-state index >= 15 is 0 Å². The fraction of sp³-hybridized carbons (Fsp3) is 0.208. The summed E-state index contributed by atoms with van der Waals surface area (Å²) in [5.41, 5.74) is 3.40. The van der Waals surface area contributed by atoms with E-state index in [0.717, 1.165) is 11.1 Å². The smallest absolute Gasteiger partial charge is 0.167 e. The maximum atomic E-state index is 11.1. The van der Waals surface area contributed by atoms with Gasteiger partial charge in [0, 0.05) is 23.5 Å². The summed E-state index contributed by atoms with van der Waals surface area (Å²) in [5.74, 6) is 1.83. The highest BCUT2D eigenvalue weighted by molar-refractivity contribution is 5.77. The van der Waals surface area contributed by atoms with E-state index < -0.39 is 0 Å². The van der Waals surface area contributed by atoms with Crippen molar-refractivity contribution in [2.24, 2.45) is 0 Å². The van der Waals surface area contributed by atoms with Gasteiger partial charge in [0.25, 0.3) is 0 Å². The molecule has 0 spiro atoms. The number of benzene rings is 3. The second-order valence-corrected chi connectivity index (χ2v) is 7.09. The Morgan fingerprint density at radius 2 is 1.79 bits per heavy atom. The first-order valence-electron chi connectivity index (χ1n) is 9.34. The average molecular weight is 374 g/mol. The van der Waals surface area contributed by atoms with Gasteiger partial charge in [-0.2, -0.15) is 0 Å². The number of carbonyl (C=O) groups excluding carboxylic acids is 1. The van der Waals surface area contributed by atoms with E-state index in [4.69, 9.17) is 9.47 Å². The lowest BCUT2D eigenvalue weighted by atomic mass is 9.76. The van der Waals surface area contributed by atoms with Gasteiger partial charge in [0.05, 0.1) is 6.61 Å². The molecule has 1 heterocycles. The normalized spacial score (nSPS) is 18.0. The monoisotopic (exact) mass is 374 g/mol. The number of carbonyl (C=O) groups is 1. The topological polar surface area (TPSA) is 55.8 Å². The van der Waals surface area contributed by atoms with Crippen LogP contribution in [-0.4, -0.2) is 24.1 Å². The molecule has 0 amide bonds. The van der Waals surface area contributed by atoms with E-state index in [-0.39, 0.29) is 30.0 Å². The van der Waals surface area contributed by atoms with Crippen molar-refractivity contribution in [1.82, 2.24) is 0 Å². The van der Waals surface area contributed by atoms with Crippen LogP contribution in [0.3, 0.4) is 0 Å². The van der Waals surface area contributed by atoms with Crippen LogP contribution in [0.2, 0.25) is 0 Å². The summed E-state index contributed by atoms with van der Waals surface area (Å²) in [5, 5.41) is 9.84. The molecular formula is C24H22O4. The summed E-state index contributed by atoms with van der Waals surface area (Å²) >= 11 is 0. The van der Waals surface area contributed by atoms with Gasteiger partial charge in [0.2, 0.25) is 0 Å². The van der Waals surface area contributed by atoms with Gasteiger partial charge >= 0.3 is 0 Å². The number of hydrogen-bond donors (Lipinski definition) is 1. The van der Waals surface area contributed by atoms with Crippen LogP contribution in [0.5, 0.6) is 17.2 Å². The van der Waals surface area contributed by atoms with Crippen molar-refractivity contribution in [3.05, 3.63) is 89.5 Å². The molecule has 2 atom stereocenters. The van der Waals surface area contributed by atoms with Gasteiger partial charge < -0.3 is 14.6 Å². The summed E-state index contributed by atoms with van der Waals surface area (Å²) in [4.78, 5) is 11.1. The van der Waals surface area contributed by atoms with Crippen LogP contribution in [0.1, 0.15) is 35.4 Å². The fourth-order valence-electron chi connectivity index (χ4n) is 3.75. The molecule has 3 aromatic carbocycles. The van der Waals surface area contributed by atoms with E-state index in [2.05, 4.69) is 12.1 Å². The van der Waals surface area contributed by atoms with Gasteiger partial charge in [0.1, 0.15) is 23.9 Å². The van der Waals surface area contributed by atoms with E-state index in [9.17, 15) is 9.90 Å². The summed E-state index contributed by atoms with van der Waals surface area (Å²) in [6, 6.07) is 23.5. The maximum Gasteiger partial charge on any atom is 0.167 e. The molecule has 1 N–H and O–H groups in total. The number of Topliss-reactive ketones (excluding diaryl/α,β-unsaturated/α-hetero) is 1. The number of hydrogen-bond acceptors (Lipinski definition) is 4. The number of ether oxygens (including phenoxy) is 2. The molecule has 3 aromatic rings. The molecule has 0 saturated carbocycles. The predicted octanol–water partition coefficient (Wildman–Crippen LogP) is 4.67. The zero-order chi connectivity index (χ0) is 19.5. The highest BCUT2D eigenvalue weighted by Crippen LogP contribution is 2.47. The Balaban J connectivity index is 1.72. The van der Waals surface area contributed by atoms with Gasteiger partial charge in [-0.1, -0.05) is 48.5 Å². The Hall–Kier alpha value is -3.27. The van der Waals surface area contributed by atoms with E-state index in [1.165, 1.54) is 12.5 Å². The number of fused-ring (bicyclic) bond motifs is 1. The number of phenols is 1. The Morgan fingerprint density at radius 3 is 2.50 bits per heavy atom. The highest BCUT2D eigenvalue weighted by atomic mass is 16.5. The standard InChI is InChI=1S/C24H22O4/c1-16(25)14-27-20-10-7-18(8-11-20)24-21-12-9-19(26)13-23(21)28-15-22(24)17-5-3-2-4-6-17/h2-13,22,24,26H,14-15H2,1H3/t22-,24-/m1/s1. The quantitative estimate of drug-likeness (QED) is 0.705. The van der Waals surface area contributed by atoms with Gasteiger partial charge in [-0.25, -0.2) is 0 Å². The van der Waals surface area contributed by atoms with Crippen molar-refractivity contribution in [1.29, 1.82) is 0 Å². The molecule has 0 radical (unpaired) electrons. The summed E-state index contributed by atoms with van der Waals surface area (Å²) in [6.45, 7) is 2.12. The minimum absolute atomic E-state index is 0.00798. The molecule has 0 unspecified atom stereocenters. The fourth-order valence-corrected chi connectivity index (χ4v) is 3.75. The van der Waals surface area contributed by atoms with Crippen molar-refractivity contribution < 1.29 is 19.4 Å². The van der Waals surface area contributed by atoms with Crippen LogP contribution in [0.15, 0.2) is 72.8 Å². The van der Waals surface area contributed by atoms with Crippen molar-refractivity contribution >= 4 is 5.78 Å². The molecule has 0 saturated heterocycles. The Morgan fingerprint density at radius 1 is 1.04 bits per heavy atom. The molecule has 4 rings (SSSR count). The van der Waals surface area contributed by atoms with Gasteiger partial charge in [-0.05, 0) is 36.2 Å². The molecule has 4 nitrogen and oxygen atoms in total. The molecule has 1 aliphatic rings. The summed E-state index contributed by atoms with van der Waals surface area (Å²) in [7, 11) is 0. The van der Waals surface area contributed by atoms with Crippen LogP contribution in [0.25, 0.3) is 0 Å². The first kappa shape index (κ1) is 18.1. The first-order chi connectivity index (χ1) is 13.6. The molecule has 0 bridgehead atoms. The zero-order valence-corrected chi connectivity index (χ0v) is 15.7. The maximum absolute atomic E-state index is 11.1. The van der Waals surface area contributed by atoms with Crippen LogP contribution in [0, 0.1) is 0 Å². The Bertz CT molecular complexity index is 964. The van der Waals surface area contributed by atoms with Gasteiger partial charge in [-0.3, -0.25) is 4.79 Å². The van der Waals surface area contributed by atoms with Crippen molar-refractivity contribution in [2.75, 3.05) is 13.2 Å². The molecule has 4 heteroatoms. The van der Waals surface area contributed by atoms with Crippen LogP contribution in [-0.2, 0) is 4.79 Å². The van der Waals surface area contributed by atoms with Gasteiger partial charge in [-0.15, -0.1) is 0 Å². The van der Waals surface area contributed by atoms with E-state index in [1.54, 1.807) is 12.1 Å². The number of aromatic hydroxyl groups is 1. The molecule has 0 aromatic heterocycles. The Kier molecular flexibility index (Phi) is 5.02. The number of rotatable bonds is 5. The third-order valence-electron chi connectivity index (χ3n) is 5.06. The molecule has 142 valence electrons. The highest BCUT2D eigenvalue weighted by Gasteiger charge is 2.33. The van der Waals surface area contributed by atoms with Crippen molar-refractivity contribution in [3.8, 4) is 17.2 Å². The van der Waals surface area contributed by atoms with Crippen molar-refractivity contribution in [3.63, 3.8) is 0 Å². The van der Waals surface area contributed by atoms with Gasteiger partial charge in [0.15, 0.2) is 5.78 Å². The first-order valence-corrected chi connectivity index (χ1v) is 9.34. The van der Waals surface area contributed by atoms with Crippen LogP contribution < -0.4 is 9.47 Å². The molecular weight excluding hydrogens is 352 g/mol. The predicted molar refractivity (Wildman–Crippen MR) is 107 cm³/mol. The largest absolute Gasteiger partial charge is 0.508 e. The minimum atomic E-state index is -0.00798. The SMILES string of the molecule is CC(=O)COc1ccc([C@@H]2c3ccc(O)cc3OC[C@@H]2c2ccccc2)cc1. The zero-order valence-electron chi connectivity index (χ0n) is 15.7. The summed E-state index contributed by atoms with van der Waals surface area (Å²) < 4.78 is 11.5.